The molecule has 0 saturated heterocycles. The maximum absolute atomic E-state index is 13.1. The first-order valence-electron chi connectivity index (χ1n) is 11.8. The van der Waals surface area contributed by atoms with E-state index in [0.29, 0.717) is 46.7 Å². The lowest BCUT2D eigenvalue weighted by Gasteiger charge is -2.48. The highest BCUT2D eigenvalue weighted by atomic mass is 35.5. The summed E-state index contributed by atoms with van der Waals surface area (Å²) in [7, 11) is -3.48. The fraction of sp³-hybridized carbons (Fsp3) is 0.480. The van der Waals surface area contributed by atoms with Crippen LogP contribution in [-0.2, 0) is 21.2 Å². The average Bonchev–Trinajstić information content (AvgIpc) is 2.75. The van der Waals surface area contributed by atoms with Crippen molar-refractivity contribution in [3.63, 3.8) is 0 Å². The van der Waals surface area contributed by atoms with Crippen LogP contribution in [0.3, 0.4) is 0 Å². The van der Waals surface area contributed by atoms with Gasteiger partial charge >= 0.3 is 0 Å². The van der Waals surface area contributed by atoms with Gasteiger partial charge in [0, 0.05) is 23.4 Å². The minimum Gasteiger partial charge on any atom is -0.491 e. The number of ether oxygens (including phenoxy) is 2. The normalized spacial score (nSPS) is 18.2. The summed E-state index contributed by atoms with van der Waals surface area (Å²) < 4.78 is 38.2. The maximum atomic E-state index is 13.1. The number of anilines is 1. The maximum Gasteiger partial charge on any atom is 0.229 e. The van der Waals surface area contributed by atoms with Gasteiger partial charge in [-0.1, -0.05) is 42.3 Å². The molecule has 0 aromatic heterocycles. The van der Waals surface area contributed by atoms with Gasteiger partial charge in [-0.25, -0.2) is 8.42 Å². The largest absolute Gasteiger partial charge is 0.491 e. The fourth-order valence-corrected chi connectivity index (χ4v) is 5.75. The van der Waals surface area contributed by atoms with E-state index in [1.165, 1.54) is 0 Å². The van der Waals surface area contributed by atoms with Crippen LogP contribution in [0.4, 0.5) is 5.69 Å². The predicted octanol–water partition coefficient (Wildman–Crippen LogP) is 5.65. The highest BCUT2D eigenvalue weighted by Crippen LogP contribution is 2.51. The first-order chi connectivity index (χ1) is 16.6. The highest BCUT2D eigenvalue weighted by molar-refractivity contribution is 7.92. The smallest absolute Gasteiger partial charge is 0.229 e. The number of hydrogen-bond donors (Lipinski definition) is 2. The van der Waals surface area contributed by atoms with Crippen molar-refractivity contribution in [1.29, 1.82) is 0 Å². The molecule has 4 rings (SSSR count). The van der Waals surface area contributed by atoms with Crippen molar-refractivity contribution >= 4 is 44.8 Å². The molecular weight excluding hydrogens is 511 g/mol. The van der Waals surface area contributed by atoms with Crippen LogP contribution in [-0.4, -0.2) is 32.8 Å². The molecule has 0 bridgehead atoms. The Hall–Kier alpha value is -2.16. The minimum atomic E-state index is -3.48. The zero-order valence-corrected chi connectivity index (χ0v) is 22.2. The number of para-hydroxylation sites is 1. The van der Waals surface area contributed by atoms with Crippen molar-refractivity contribution < 1.29 is 22.7 Å². The van der Waals surface area contributed by atoms with Gasteiger partial charge in [0.2, 0.25) is 15.9 Å². The third-order valence-corrected chi connectivity index (χ3v) is 7.46. The minimum absolute atomic E-state index is 0.128. The van der Waals surface area contributed by atoms with Gasteiger partial charge in [0.1, 0.15) is 17.1 Å². The molecule has 2 aromatic rings. The van der Waals surface area contributed by atoms with Crippen molar-refractivity contribution in [2.24, 2.45) is 0 Å². The molecule has 1 aliphatic heterocycles. The summed E-state index contributed by atoms with van der Waals surface area (Å²) in [6, 6.07) is 8.46. The standard InChI is InChI=1S/C25H30Cl2N2O5S/c1-3-12-33-23-16(6-4-7-20(23)29-35(2,31)32)8-9-22(30)28-21-15-25(10-5-11-25)34-24-18(21)13-17(26)14-19(24)27/h4,6-7,13-14,21,29H,3,5,8-12,15H2,1-2H3,(H,28,30). The van der Waals surface area contributed by atoms with E-state index in [1.807, 2.05) is 13.0 Å². The Morgan fingerprint density at radius 1 is 1.26 bits per heavy atom. The average molecular weight is 541 g/mol. The number of hydrogen-bond acceptors (Lipinski definition) is 5. The number of sulfonamides is 1. The van der Waals surface area contributed by atoms with E-state index in [4.69, 9.17) is 32.7 Å². The van der Waals surface area contributed by atoms with E-state index in [-0.39, 0.29) is 24.0 Å². The molecule has 7 nitrogen and oxygen atoms in total. The molecule has 1 fully saturated rings. The van der Waals surface area contributed by atoms with E-state index in [9.17, 15) is 13.2 Å². The van der Waals surface area contributed by atoms with Gasteiger partial charge in [0.05, 0.1) is 29.6 Å². The lowest BCUT2D eigenvalue weighted by molar-refractivity contribution is -0.123. The van der Waals surface area contributed by atoms with Crippen molar-refractivity contribution in [2.45, 2.75) is 63.5 Å². The van der Waals surface area contributed by atoms with Crippen LogP contribution < -0.4 is 19.5 Å². The summed E-state index contributed by atoms with van der Waals surface area (Å²) in [5, 5.41) is 4.09. The lowest BCUT2D eigenvalue weighted by Crippen LogP contribution is -2.49. The Kier molecular flexibility index (Phi) is 7.74. The quantitative estimate of drug-likeness (QED) is 0.428. The van der Waals surface area contributed by atoms with Crippen LogP contribution in [0.15, 0.2) is 30.3 Å². The number of amides is 1. The Morgan fingerprint density at radius 3 is 2.69 bits per heavy atom. The number of benzene rings is 2. The van der Waals surface area contributed by atoms with E-state index in [0.717, 1.165) is 43.1 Å². The second-order valence-corrected chi connectivity index (χ2v) is 11.9. The number of aryl methyl sites for hydroxylation is 1. The highest BCUT2D eigenvalue weighted by Gasteiger charge is 2.46. The molecule has 35 heavy (non-hydrogen) atoms. The fourth-order valence-electron chi connectivity index (χ4n) is 4.64. The van der Waals surface area contributed by atoms with Gasteiger partial charge in [-0.2, -0.15) is 0 Å². The molecule has 1 saturated carbocycles. The van der Waals surface area contributed by atoms with E-state index >= 15 is 0 Å². The van der Waals surface area contributed by atoms with Crippen LogP contribution in [0, 0.1) is 0 Å². The molecule has 1 amide bonds. The summed E-state index contributed by atoms with van der Waals surface area (Å²) in [6.45, 7) is 2.41. The molecule has 1 atom stereocenters. The molecule has 1 spiro atoms. The van der Waals surface area contributed by atoms with Crippen LogP contribution >= 0.6 is 23.2 Å². The Labute approximate surface area is 216 Å². The van der Waals surface area contributed by atoms with Gasteiger partial charge < -0.3 is 14.8 Å². The lowest BCUT2D eigenvalue weighted by atomic mass is 9.73. The number of rotatable bonds is 9. The molecule has 10 heteroatoms. The van der Waals surface area contributed by atoms with E-state index < -0.39 is 10.0 Å². The number of nitrogens with one attached hydrogen (secondary N) is 2. The van der Waals surface area contributed by atoms with Crippen molar-refractivity contribution in [2.75, 3.05) is 17.6 Å². The molecule has 1 aliphatic carbocycles. The molecule has 2 N–H and O–H groups in total. The number of fused-ring (bicyclic) bond motifs is 1. The topological polar surface area (TPSA) is 93.7 Å². The van der Waals surface area contributed by atoms with Gasteiger partial charge in [-0.05, 0) is 55.9 Å². The van der Waals surface area contributed by atoms with Gasteiger partial charge in [0.15, 0.2) is 0 Å². The summed E-state index contributed by atoms with van der Waals surface area (Å²) >= 11 is 12.7. The molecule has 2 aromatic carbocycles. The van der Waals surface area contributed by atoms with Crippen molar-refractivity contribution in [3.05, 3.63) is 51.5 Å². The van der Waals surface area contributed by atoms with Crippen molar-refractivity contribution in [3.8, 4) is 11.5 Å². The molecule has 0 radical (unpaired) electrons. The Balaban J connectivity index is 1.50. The number of carbonyl (C=O) groups is 1. The van der Waals surface area contributed by atoms with Gasteiger partial charge in [0.25, 0.3) is 0 Å². The van der Waals surface area contributed by atoms with Crippen LogP contribution in [0.5, 0.6) is 11.5 Å². The zero-order chi connectivity index (χ0) is 25.2. The van der Waals surface area contributed by atoms with Crippen LogP contribution in [0.25, 0.3) is 0 Å². The monoisotopic (exact) mass is 540 g/mol. The Morgan fingerprint density at radius 2 is 2.03 bits per heavy atom. The molecule has 1 heterocycles. The number of halogens is 2. The first kappa shape index (κ1) is 25.9. The second kappa shape index (κ2) is 10.4. The Bertz CT molecular complexity index is 1210. The van der Waals surface area contributed by atoms with E-state index in [2.05, 4.69) is 10.0 Å². The zero-order valence-electron chi connectivity index (χ0n) is 19.8. The summed E-state index contributed by atoms with van der Waals surface area (Å²) in [4.78, 5) is 13.1. The summed E-state index contributed by atoms with van der Waals surface area (Å²) in [5.41, 5.74) is 1.62. The van der Waals surface area contributed by atoms with Crippen LogP contribution in [0.1, 0.15) is 62.6 Å². The third-order valence-electron chi connectivity index (χ3n) is 6.37. The van der Waals surface area contributed by atoms with Crippen molar-refractivity contribution in [1.82, 2.24) is 5.32 Å². The van der Waals surface area contributed by atoms with E-state index in [1.54, 1.807) is 24.3 Å². The van der Waals surface area contributed by atoms with Gasteiger partial charge in [-0.15, -0.1) is 0 Å². The van der Waals surface area contributed by atoms with Gasteiger partial charge in [-0.3, -0.25) is 9.52 Å². The predicted molar refractivity (Wildman–Crippen MR) is 138 cm³/mol. The summed E-state index contributed by atoms with van der Waals surface area (Å²) in [6.07, 6.45) is 6.06. The first-order valence-corrected chi connectivity index (χ1v) is 14.4. The molecule has 1 unspecified atom stereocenters. The van der Waals surface area contributed by atoms with Crippen LogP contribution in [0.2, 0.25) is 10.0 Å². The number of carbonyl (C=O) groups excluding carboxylic acids is 1. The molecule has 2 aliphatic rings. The summed E-state index contributed by atoms with van der Waals surface area (Å²) in [5.74, 6) is 0.925. The SMILES string of the molecule is CCCOc1c(CCC(=O)NC2CC3(CCC3)Oc3c(Cl)cc(Cl)cc32)cccc1NS(C)(=O)=O. The third kappa shape index (κ3) is 6.16. The molecule has 190 valence electrons. The second-order valence-electron chi connectivity index (χ2n) is 9.29. The molecular formula is C25H30Cl2N2O5S.